The van der Waals surface area contributed by atoms with E-state index in [1.807, 2.05) is 43.1 Å². The maximum atomic E-state index is 11.5. The second-order valence-corrected chi connectivity index (χ2v) is 4.63. The molecular formula is C14H22N2O2. The smallest absolute Gasteiger partial charge is 0.224 e. The molecule has 100 valence electrons. The summed E-state index contributed by atoms with van der Waals surface area (Å²) in [5.41, 5.74) is 1.84. The maximum absolute atomic E-state index is 11.5. The molecule has 2 N–H and O–H groups in total. The van der Waals surface area contributed by atoms with Crippen molar-refractivity contribution in [2.45, 2.75) is 20.0 Å². The Morgan fingerprint density at radius 2 is 2.00 bits per heavy atom. The molecule has 18 heavy (non-hydrogen) atoms. The molecule has 0 aliphatic heterocycles. The van der Waals surface area contributed by atoms with Gasteiger partial charge in [-0.15, -0.1) is 0 Å². The summed E-state index contributed by atoms with van der Waals surface area (Å²) in [5, 5.41) is 12.4. The summed E-state index contributed by atoms with van der Waals surface area (Å²) in [4.78, 5) is 13.5. The summed E-state index contributed by atoms with van der Waals surface area (Å²) >= 11 is 0. The maximum Gasteiger partial charge on any atom is 0.224 e. The first kappa shape index (κ1) is 14.5. The molecule has 0 aliphatic carbocycles. The highest BCUT2D eigenvalue weighted by atomic mass is 16.3. The van der Waals surface area contributed by atoms with Gasteiger partial charge in [0.2, 0.25) is 5.91 Å². The number of benzene rings is 1. The number of aliphatic hydroxyl groups excluding tert-OH is 1. The van der Waals surface area contributed by atoms with Crippen molar-refractivity contribution in [3.05, 3.63) is 29.8 Å². The van der Waals surface area contributed by atoms with Gasteiger partial charge in [-0.2, -0.15) is 0 Å². The quantitative estimate of drug-likeness (QED) is 0.834. The Hall–Kier alpha value is -1.55. The van der Waals surface area contributed by atoms with Crippen molar-refractivity contribution in [3.8, 4) is 0 Å². The van der Waals surface area contributed by atoms with Crippen LogP contribution in [0.1, 0.15) is 25.5 Å². The molecule has 4 heteroatoms. The second-order valence-electron chi connectivity index (χ2n) is 4.63. The van der Waals surface area contributed by atoms with E-state index in [-0.39, 0.29) is 11.8 Å². The molecule has 0 aliphatic rings. The topological polar surface area (TPSA) is 52.6 Å². The molecule has 0 fully saturated rings. The van der Waals surface area contributed by atoms with Crippen LogP contribution in [0.5, 0.6) is 0 Å². The fourth-order valence-corrected chi connectivity index (χ4v) is 2.03. The SMILES string of the molecule is CNC(=O)C(C)CN(C)c1ccccc1[C@@H](C)O. The Balaban J connectivity index is 2.84. The van der Waals surface area contributed by atoms with E-state index >= 15 is 0 Å². The average Bonchev–Trinajstić information content (AvgIpc) is 2.37. The summed E-state index contributed by atoms with van der Waals surface area (Å²) < 4.78 is 0. The van der Waals surface area contributed by atoms with Gasteiger partial charge in [0, 0.05) is 31.9 Å². The van der Waals surface area contributed by atoms with E-state index in [2.05, 4.69) is 5.32 Å². The van der Waals surface area contributed by atoms with Gasteiger partial charge in [-0.25, -0.2) is 0 Å². The van der Waals surface area contributed by atoms with E-state index in [1.165, 1.54) is 0 Å². The first-order valence-electron chi connectivity index (χ1n) is 6.17. The second kappa shape index (κ2) is 6.40. The third kappa shape index (κ3) is 3.47. The first-order valence-corrected chi connectivity index (χ1v) is 6.17. The van der Waals surface area contributed by atoms with Crippen LogP contribution in [0, 0.1) is 5.92 Å². The van der Waals surface area contributed by atoms with Gasteiger partial charge in [0.15, 0.2) is 0 Å². The lowest BCUT2D eigenvalue weighted by molar-refractivity contribution is -0.123. The van der Waals surface area contributed by atoms with Crippen molar-refractivity contribution in [2.24, 2.45) is 5.92 Å². The van der Waals surface area contributed by atoms with Crippen LogP contribution >= 0.6 is 0 Å². The molecule has 0 bridgehead atoms. The van der Waals surface area contributed by atoms with Crippen LogP contribution in [0.2, 0.25) is 0 Å². The molecule has 1 unspecified atom stereocenters. The predicted molar refractivity (Wildman–Crippen MR) is 73.6 cm³/mol. The zero-order valence-electron chi connectivity index (χ0n) is 11.5. The number of hydrogen-bond acceptors (Lipinski definition) is 3. The fourth-order valence-electron chi connectivity index (χ4n) is 2.03. The third-order valence-electron chi connectivity index (χ3n) is 3.04. The number of aliphatic hydroxyl groups is 1. The number of nitrogens with one attached hydrogen (secondary N) is 1. The number of hydrogen-bond donors (Lipinski definition) is 2. The van der Waals surface area contributed by atoms with Crippen molar-refractivity contribution in [1.29, 1.82) is 0 Å². The van der Waals surface area contributed by atoms with E-state index in [9.17, 15) is 9.90 Å². The van der Waals surface area contributed by atoms with Gasteiger partial charge in [-0.05, 0) is 13.0 Å². The largest absolute Gasteiger partial charge is 0.389 e. The zero-order valence-corrected chi connectivity index (χ0v) is 11.5. The van der Waals surface area contributed by atoms with Gasteiger partial charge in [0.05, 0.1) is 12.0 Å². The summed E-state index contributed by atoms with van der Waals surface area (Å²) in [7, 11) is 3.57. The summed E-state index contributed by atoms with van der Waals surface area (Å²) in [6.07, 6.45) is -0.515. The van der Waals surface area contributed by atoms with Gasteiger partial charge in [0.25, 0.3) is 0 Å². The average molecular weight is 250 g/mol. The Labute approximate surface area is 109 Å². The molecule has 0 saturated heterocycles. The lowest BCUT2D eigenvalue weighted by atomic mass is 10.1. The Morgan fingerprint density at radius 1 is 1.39 bits per heavy atom. The van der Waals surface area contributed by atoms with Crippen molar-refractivity contribution < 1.29 is 9.90 Å². The van der Waals surface area contributed by atoms with E-state index in [4.69, 9.17) is 0 Å². The van der Waals surface area contributed by atoms with E-state index in [0.717, 1.165) is 11.3 Å². The highest BCUT2D eigenvalue weighted by Crippen LogP contribution is 2.25. The van der Waals surface area contributed by atoms with Crippen molar-refractivity contribution >= 4 is 11.6 Å². The Morgan fingerprint density at radius 3 is 2.56 bits per heavy atom. The number of carbonyl (C=O) groups excluding carboxylic acids is 1. The highest BCUT2D eigenvalue weighted by Gasteiger charge is 2.16. The van der Waals surface area contributed by atoms with Crippen molar-refractivity contribution in [3.63, 3.8) is 0 Å². The van der Waals surface area contributed by atoms with Crippen LogP contribution in [0.15, 0.2) is 24.3 Å². The Bertz CT molecular complexity index is 405. The predicted octanol–water partition coefficient (Wildman–Crippen LogP) is 1.56. The molecule has 1 amide bonds. The number of para-hydroxylation sites is 1. The molecule has 0 heterocycles. The molecule has 1 aromatic rings. The number of amides is 1. The lowest BCUT2D eigenvalue weighted by Gasteiger charge is -2.26. The van der Waals surface area contributed by atoms with Gasteiger partial charge < -0.3 is 15.3 Å². The minimum Gasteiger partial charge on any atom is -0.389 e. The monoisotopic (exact) mass is 250 g/mol. The number of rotatable bonds is 5. The molecule has 2 atom stereocenters. The van der Waals surface area contributed by atoms with E-state index in [1.54, 1.807) is 14.0 Å². The summed E-state index contributed by atoms with van der Waals surface area (Å²) in [6, 6.07) is 7.70. The number of carbonyl (C=O) groups is 1. The molecule has 0 saturated carbocycles. The van der Waals surface area contributed by atoms with E-state index < -0.39 is 6.10 Å². The fraction of sp³-hybridized carbons (Fsp3) is 0.500. The minimum atomic E-state index is -0.515. The van der Waals surface area contributed by atoms with Crippen LogP contribution in [0.3, 0.4) is 0 Å². The minimum absolute atomic E-state index is 0.0244. The standard InChI is InChI=1S/C14H22N2O2/c1-10(14(18)15-3)9-16(4)13-8-6-5-7-12(13)11(2)17/h5-8,10-11,17H,9H2,1-4H3,(H,15,18)/t10?,11-/m1/s1. The molecular weight excluding hydrogens is 228 g/mol. The molecule has 0 spiro atoms. The molecule has 4 nitrogen and oxygen atoms in total. The van der Waals surface area contributed by atoms with Crippen LogP contribution in [0.25, 0.3) is 0 Å². The molecule has 0 aromatic heterocycles. The first-order chi connectivity index (χ1) is 8.47. The normalized spacial score (nSPS) is 13.8. The number of nitrogens with zero attached hydrogens (tertiary/aromatic N) is 1. The van der Waals surface area contributed by atoms with Gasteiger partial charge in [-0.1, -0.05) is 25.1 Å². The Kier molecular flexibility index (Phi) is 5.16. The van der Waals surface area contributed by atoms with Gasteiger partial charge in [0.1, 0.15) is 0 Å². The molecule has 1 aromatic carbocycles. The third-order valence-corrected chi connectivity index (χ3v) is 3.04. The molecule has 1 rings (SSSR count). The van der Waals surface area contributed by atoms with Crippen LogP contribution in [-0.4, -0.2) is 31.7 Å². The van der Waals surface area contributed by atoms with Crippen LogP contribution in [0.4, 0.5) is 5.69 Å². The van der Waals surface area contributed by atoms with Gasteiger partial charge >= 0.3 is 0 Å². The highest BCUT2D eigenvalue weighted by molar-refractivity contribution is 5.78. The van der Waals surface area contributed by atoms with Crippen molar-refractivity contribution in [2.75, 3.05) is 25.5 Å². The summed E-state index contributed by atoms with van der Waals surface area (Å²) in [6.45, 7) is 4.25. The van der Waals surface area contributed by atoms with Gasteiger partial charge in [-0.3, -0.25) is 4.79 Å². The van der Waals surface area contributed by atoms with Crippen molar-refractivity contribution in [1.82, 2.24) is 5.32 Å². The lowest BCUT2D eigenvalue weighted by Crippen LogP contribution is -2.34. The van der Waals surface area contributed by atoms with E-state index in [0.29, 0.717) is 6.54 Å². The zero-order chi connectivity index (χ0) is 13.7. The van der Waals surface area contributed by atoms with Crippen LogP contribution < -0.4 is 10.2 Å². The molecule has 0 radical (unpaired) electrons. The summed E-state index contributed by atoms with van der Waals surface area (Å²) in [5.74, 6) is -0.0709. The van der Waals surface area contributed by atoms with Crippen LogP contribution in [-0.2, 0) is 4.79 Å². The number of anilines is 1.